The lowest BCUT2D eigenvalue weighted by Gasteiger charge is -2.27. The van der Waals surface area contributed by atoms with Crippen molar-refractivity contribution in [1.82, 2.24) is 0 Å². The summed E-state index contributed by atoms with van der Waals surface area (Å²) in [6.45, 7) is 0. The number of methoxy groups -OCH3 is 1. The van der Waals surface area contributed by atoms with Crippen molar-refractivity contribution < 1.29 is 4.74 Å². The van der Waals surface area contributed by atoms with Crippen LogP contribution < -0.4 is 10.1 Å². The topological polar surface area (TPSA) is 21.3 Å². The number of nitrogens with one attached hydrogen (secondary N) is 1. The maximum Gasteiger partial charge on any atom is 0.120 e. The third-order valence-corrected chi connectivity index (χ3v) is 4.78. The van der Waals surface area contributed by atoms with E-state index in [0.717, 1.165) is 28.6 Å². The van der Waals surface area contributed by atoms with Gasteiger partial charge in [-0.25, -0.2) is 0 Å². The van der Waals surface area contributed by atoms with Gasteiger partial charge in [-0.2, -0.15) is 0 Å². The highest BCUT2D eigenvalue weighted by molar-refractivity contribution is 7.99. The highest BCUT2D eigenvalue weighted by Gasteiger charge is 2.20. The molecule has 1 unspecified atom stereocenters. The number of rotatable bonds is 3. The van der Waals surface area contributed by atoms with Gasteiger partial charge in [0.2, 0.25) is 0 Å². The second-order valence-corrected chi connectivity index (χ2v) is 6.32. The Balaban J connectivity index is 1.87. The average molecular weight is 306 g/mol. The molecule has 0 aromatic heterocycles. The number of hydrogen-bond acceptors (Lipinski definition) is 3. The molecule has 1 N–H and O–H groups in total. The summed E-state index contributed by atoms with van der Waals surface area (Å²) in [4.78, 5) is 1.32. The molecule has 3 rings (SSSR count). The van der Waals surface area contributed by atoms with Gasteiger partial charge in [-0.3, -0.25) is 0 Å². The first-order valence-electron chi connectivity index (χ1n) is 6.59. The Morgan fingerprint density at radius 3 is 3.00 bits per heavy atom. The lowest BCUT2D eigenvalue weighted by molar-refractivity contribution is 0.415. The van der Waals surface area contributed by atoms with Crippen molar-refractivity contribution in [2.24, 2.45) is 0 Å². The van der Waals surface area contributed by atoms with Gasteiger partial charge in [0.05, 0.1) is 13.2 Å². The van der Waals surface area contributed by atoms with E-state index < -0.39 is 0 Å². The summed E-state index contributed by atoms with van der Waals surface area (Å²) in [6.07, 6.45) is 1.09. The van der Waals surface area contributed by atoms with Gasteiger partial charge in [-0.05, 0) is 42.3 Å². The van der Waals surface area contributed by atoms with E-state index in [-0.39, 0.29) is 0 Å². The highest BCUT2D eigenvalue weighted by Crippen LogP contribution is 2.39. The number of benzene rings is 2. The lowest BCUT2D eigenvalue weighted by Crippen LogP contribution is -2.16. The minimum Gasteiger partial charge on any atom is -0.497 e. The first-order chi connectivity index (χ1) is 9.76. The number of halogens is 1. The van der Waals surface area contributed by atoms with E-state index in [2.05, 4.69) is 23.5 Å². The van der Waals surface area contributed by atoms with Gasteiger partial charge in [0.25, 0.3) is 0 Å². The fourth-order valence-corrected chi connectivity index (χ4v) is 3.72. The minimum absolute atomic E-state index is 0.303. The van der Waals surface area contributed by atoms with Crippen LogP contribution in [0.25, 0.3) is 0 Å². The van der Waals surface area contributed by atoms with Crippen LogP contribution in [0.5, 0.6) is 5.75 Å². The van der Waals surface area contributed by atoms with Crippen LogP contribution >= 0.6 is 23.4 Å². The molecule has 0 amide bonds. The predicted molar refractivity (Wildman–Crippen MR) is 86.2 cm³/mol. The van der Waals surface area contributed by atoms with Crippen LogP contribution in [-0.2, 0) is 0 Å². The van der Waals surface area contributed by atoms with Crippen LogP contribution in [0.3, 0.4) is 0 Å². The van der Waals surface area contributed by atoms with Crippen LogP contribution in [0.2, 0.25) is 5.02 Å². The summed E-state index contributed by atoms with van der Waals surface area (Å²) in [5.74, 6) is 1.99. The summed E-state index contributed by atoms with van der Waals surface area (Å²) in [7, 11) is 1.69. The molecule has 1 atom stereocenters. The molecule has 1 heterocycles. The highest BCUT2D eigenvalue weighted by atomic mass is 35.5. The van der Waals surface area contributed by atoms with Crippen LogP contribution in [0.4, 0.5) is 5.69 Å². The van der Waals surface area contributed by atoms with Gasteiger partial charge in [-0.15, -0.1) is 11.8 Å². The smallest absolute Gasteiger partial charge is 0.120 e. The monoisotopic (exact) mass is 305 g/mol. The standard InChI is InChI=1S/C16H16ClNOS/c1-19-13-4-2-3-12(10-13)18-15-7-8-20-16-6-5-11(17)9-14(15)16/h2-6,9-10,15,18H,7-8H2,1H3. The van der Waals surface area contributed by atoms with Gasteiger partial charge < -0.3 is 10.1 Å². The normalized spacial score (nSPS) is 17.4. The van der Waals surface area contributed by atoms with E-state index in [1.807, 2.05) is 36.0 Å². The molecule has 2 aromatic rings. The summed E-state index contributed by atoms with van der Waals surface area (Å²) >= 11 is 8.03. The zero-order valence-electron chi connectivity index (χ0n) is 11.2. The molecule has 0 saturated heterocycles. The summed E-state index contributed by atoms with van der Waals surface area (Å²) < 4.78 is 5.27. The zero-order chi connectivity index (χ0) is 13.9. The predicted octanol–water partition coefficient (Wildman–Crippen LogP) is 5.00. The van der Waals surface area contributed by atoms with E-state index >= 15 is 0 Å². The van der Waals surface area contributed by atoms with Gasteiger partial charge in [0.1, 0.15) is 5.75 Å². The molecule has 20 heavy (non-hydrogen) atoms. The quantitative estimate of drug-likeness (QED) is 0.862. The van der Waals surface area contributed by atoms with E-state index in [9.17, 15) is 0 Å². The second-order valence-electron chi connectivity index (χ2n) is 4.75. The third-order valence-electron chi connectivity index (χ3n) is 3.42. The van der Waals surface area contributed by atoms with Crippen LogP contribution in [-0.4, -0.2) is 12.9 Å². The van der Waals surface area contributed by atoms with E-state index in [1.165, 1.54) is 10.5 Å². The van der Waals surface area contributed by atoms with E-state index in [0.29, 0.717) is 6.04 Å². The number of ether oxygens (including phenoxy) is 1. The first-order valence-corrected chi connectivity index (χ1v) is 7.95. The van der Waals surface area contributed by atoms with Gasteiger partial charge in [0.15, 0.2) is 0 Å². The molecule has 0 radical (unpaired) electrons. The Morgan fingerprint density at radius 1 is 1.25 bits per heavy atom. The Bertz CT molecular complexity index is 617. The van der Waals surface area contributed by atoms with Crippen molar-refractivity contribution in [3.63, 3.8) is 0 Å². The zero-order valence-corrected chi connectivity index (χ0v) is 12.8. The third kappa shape index (κ3) is 2.89. The number of thioether (sulfide) groups is 1. The summed E-state index contributed by atoms with van der Waals surface area (Å²) in [5, 5.41) is 4.38. The van der Waals surface area contributed by atoms with Crippen molar-refractivity contribution >= 4 is 29.1 Å². The van der Waals surface area contributed by atoms with Crippen molar-refractivity contribution in [2.45, 2.75) is 17.4 Å². The molecule has 2 aromatic carbocycles. The lowest BCUT2D eigenvalue weighted by atomic mass is 10.0. The molecule has 4 heteroatoms. The fraction of sp³-hybridized carbons (Fsp3) is 0.250. The number of anilines is 1. The minimum atomic E-state index is 0.303. The van der Waals surface area contributed by atoms with Crippen molar-refractivity contribution in [3.8, 4) is 5.75 Å². The Morgan fingerprint density at radius 2 is 2.15 bits per heavy atom. The van der Waals surface area contributed by atoms with E-state index in [4.69, 9.17) is 16.3 Å². The van der Waals surface area contributed by atoms with Crippen LogP contribution in [0, 0.1) is 0 Å². The SMILES string of the molecule is COc1cccc(NC2CCSc3ccc(Cl)cc32)c1. The van der Waals surface area contributed by atoms with Crippen molar-refractivity contribution in [3.05, 3.63) is 53.1 Å². The Hall–Kier alpha value is -1.32. The molecule has 1 aliphatic rings. The Kier molecular flexibility index (Phi) is 4.08. The first kappa shape index (κ1) is 13.7. The number of hydrogen-bond donors (Lipinski definition) is 1. The van der Waals surface area contributed by atoms with Crippen LogP contribution in [0.1, 0.15) is 18.0 Å². The fourth-order valence-electron chi connectivity index (χ4n) is 2.43. The maximum atomic E-state index is 6.14. The van der Waals surface area contributed by atoms with Crippen LogP contribution in [0.15, 0.2) is 47.4 Å². The van der Waals surface area contributed by atoms with E-state index in [1.54, 1.807) is 7.11 Å². The van der Waals surface area contributed by atoms with Gasteiger partial charge >= 0.3 is 0 Å². The maximum absolute atomic E-state index is 6.14. The number of fused-ring (bicyclic) bond motifs is 1. The average Bonchev–Trinajstić information content (AvgIpc) is 2.48. The second kappa shape index (κ2) is 5.98. The van der Waals surface area contributed by atoms with Gasteiger partial charge in [-0.1, -0.05) is 17.7 Å². The molecule has 0 bridgehead atoms. The molecule has 0 fully saturated rings. The molecule has 0 saturated carbocycles. The van der Waals surface area contributed by atoms with Crippen molar-refractivity contribution in [1.29, 1.82) is 0 Å². The molecular weight excluding hydrogens is 290 g/mol. The molecule has 1 aliphatic heterocycles. The van der Waals surface area contributed by atoms with Crippen molar-refractivity contribution in [2.75, 3.05) is 18.2 Å². The largest absolute Gasteiger partial charge is 0.497 e. The molecular formula is C16H16ClNOS. The molecule has 0 aliphatic carbocycles. The summed E-state index contributed by atoms with van der Waals surface area (Å²) in [6, 6.07) is 14.5. The molecule has 0 spiro atoms. The summed E-state index contributed by atoms with van der Waals surface area (Å²) in [5.41, 5.74) is 2.36. The van der Waals surface area contributed by atoms with Gasteiger partial charge in [0, 0.05) is 27.4 Å². The molecule has 2 nitrogen and oxygen atoms in total. The molecule has 104 valence electrons. The Labute approximate surface area is 128 Å².